The summed E-state index contributed by atoms with van der Waals surface area (Å²) in [4.78, 5) is 8.40. The van der Waals surface area contributed by atoms with Crippen LogP contribution in [0.25, 0.3) is 0 Å². The highest BCUT2D eigenvalue weighted by Gasteiger charge is 2.06. The lowest BCUT2D eigenvalue weighted by Gasteiger charge is -2.08. The number of hydrogen-bond acceptors (Lipinski definition) is 5. The van der Waals surface area contributed by atoms with Gasteiger partial charge in [0, 0.05) is 12.3 Å². The summed E-state index contributed by atoms with van der Waals surface area (Å²) in [7, 11) is 0. The van der Waals surface area contributed by atoms with Crippen LogP contribution < -0.4 is 10.1 Å². The number of halogens is 1. The Bertz CT molecular complexity index is 638. The zero-order chi connectivity index (χ0) is 15.1. The zero-order valence-electron chi connectivity index (χ0n) is 11.2. The van der Waals surface area contributed by atoms with Crippen molar-refractivity contribution >= 4 is 27.6 Å². The first-order valence-electron chi connectivity index (χ1n) is 6.28. The highest BCUT2D eigenvalue weighted by molar-refractivity contribution is 9.10. The summed E-state index contributed by atoms with van der Waals surface area (Å²) < 4.78 is 5.95. The predicted molar refractivity (Wildman–Crippen MR) is 84.6 cm³/mol. The maximum absolute atomic E-state index is 8.88. The van der Waals surface area contributed by atoms with Gasteiger partial charge in [-0.3, -0.25) is 0 Å². The monoisotopic (exact) mass is 347 g/mol. The minimum atomic E-state index is 0.137. The molecule has 0 bridgehead atoms. The number of rotatable bonds is 6. The van der Waals surface area contributed by atoms with Gasteiger partial charge in [0.15, 0.2) is 6.61 Å². The van der Waals surface area contributed by atoms with Crippen LogP contribution in [0.4, 0.5) is 11.6 Å². The quantitative estimate of drug-likeness (QED) is 0.786. The second-order valence-corrected chi connectivity index (χ2v) is 4.99. The second kappa shape index (κ2) is 7.62. The number of hydrogen-bond donors (Lipinski definition) is 2. The zero-order valence-corrected chi connectivity index (χ0v) is 12.8. The van der Waals surface area contributed by atoms with Crippen LogP contribution in [0, 0.1) is 12.3 Å². The van der Waals surface area contributed by atoms with Gasteiger partial charge in [-0.05, 0) is 40.0 Å². The van der Waals surface area contributed by atoms with Crippen molar-refractivity contribution in [3.8, 4) is 18.2 Å². The van der Waals surface area contributed by atoms with Crippen LogP contribution in [0.2, 0.25) is 0 Å². The van der Waals surface area contributed by atoms with Crippen LogP contribution in [0.15, 0.2) is 34.9 Å². The standard InChI is InChI=1S/C15H14BrN3O2/c1-2-9-21-14-13(16)10-17-15(19-14)18-12-5-3-11(4-6-12)7-8-20/h1,3-6,10,20H,7-9H2,(H,17,18,19). The van der Waals surface area contributed by atoms with E-state index in [2.05, 4.69) is 37.1 Å². The van der Waals surface area contributed by atoms with Crippen LogP contribution in [-0.4, -0.2) is 28.3 Å². The normalized spacial score (nSPS) is 9.95. The molecule has 0 aliphatic heterocycles. The van der Waals surface area contributed by atoms with Crippen molar-refractivity contribution in [3.63, 3.8) is 0 Å². The molecule has 0 saturated heterocycles. The van der Waals surface area contributed by atoms with Crippen LogP contribution in [0.1, 0.15) is 5.56 Å². The van der Waals surface area contributed by atoms with E-state index in [1.54, 1.807) is 6.20 Å². The highest BCUT2D eigenvalue weighted by atomic mass is 79.9. The van der Waals surface area contributed by atoms with E-state index in [4.69, 9.17) is 16.3 Å². The first-order chi connectivity index (χ1) is 10.2. The molecule has 5 nitrogen and oxygen atoms in total. The molecule has 0 unspecified atom stereocenters. The third-order valence-corrected chi connectivity index (χ3v) is 3.16. The summed E-state index contributed by atoms with van der Waals surface area (Å²) in [5.41, 5.74) is 1.92. The Balaban J connectivity index is 2.10. The molecule has 0 spiro atoms. The molecule has 108 valence electrons. The molecule has 0 radical (unpaired) electrons. The second-order valence-electron chi connectivity index (χ2n) is 4.14. The van der Waals surface area contributed by atoms with Crippen LogP contribution in [0.5, 0.6) is 5.88 Å². The molecule has 2 rings (SSSR count). The predicted octanol–water partition coefficient (Wildman–Crippen LogP) is 2.53. The Morgan fingerprint density at radius 2 is 2.10 bits per heavy atom. The van der Waals surface area contributed by atoms with Crippen molar-refractivity contribution < 1.29 is 9.84 Å². The van der Waals surface area contributed by atoms with E-state index in [9.17, 15) is 0 Å². The topological polar surface area (TPSA) is 67.3 Å². The fourth-order valence-corrected chi connectivity index (χ4v) is 1.94. The number of anilines is 2. The van der Waals surface area contributed by atoms with Crippen molar-refractivity contribution in [3.05, 3.63) is 40.5 Å². The Labute approximate surface area is 131 Å². The van der Waals surface area contributed by atoms with E-state index >= 15 is 0 Å². The molecule has 2 N–H and O–H groups in total. The lowest BCUT2D eigenvalue weighted by atomic mass is 10.1. The summed E-state index contributed by atoms with van der Waals surface area (Å²) >= 11 is 3.30. The molecule has 0 aliphatic rings. The summed E-state index contributed by atoms with van der Waals surface area (Å²) in [5, 5.41) is 12.0. The molecule has 0 aliphatic carbocycles. The van der Waals surface area contributed by atoms with Gasteiger partial charge >= 0.3 is 0 Å². The molecule has 1 aromatic carbocycles. The van der Waals surface area contributed by atoms with Crippen molar-refractivity contribution in [1.29, 1.82) is 0 Å². The lowest BCUT2D eigenvalue weighted by molar-refractivity contribution is 0.299. The van der Waals surface area contributed by atoms with Gasteiger partial charge in [-0.25, -0.2) is 4.98 Å². The van der Waals surface area contributed by atoms with Crippen molar-refractivity contribution in [2.45, 2.75) is 6.42 Å². The van der Waals surface area contributed by atoms with Gasteiger partial charge in [0.2, 0.25) is 11.8 Å². The first-order valence-corrected chi connectivity index (χ1v) is 7.08. The molecule has 0 amide bonds. The summed E-state index contributed by atoms with van der Waals surface area (Å²) in [6.45, 7) is 0.281. The van der Waals surface area contributed by atoms with Crippen LogP contribution >= 0.6 is 15.9 Å². The average molecular weight is 348 g/mol. The lowest BCUT2D eigenvalue weighted by Crippen LogP contribution is -2.02. The van der Waals surface area contributed by atoms with Gasteiger partial charge in [0.25, 0.3) is 0 Å². The molecule has 0 fully saturated rings. The molecule has 6 heteroatoms. The van der Waals surface area contributed by atoms with Crippen LogP contribution in [0.3, 0.4) is 0 Å². The number of aliphatic hydroxyl groups is 1. The molecule has 2 aromatic rings. The number of terminal acetylenes is 1. The number of aliphatic hydroxyl groups excluding tert-OH is 1. The van der Waals surface area contributed by atoms with Crippen molar-refractivity contribution in [1.82, 2.24) is 9.97 Å². The first kappa shape index (κ1) is 15.3. The maximum atomic E-state index is 8.88. The molecule has 0 saturated carbocycles. The summed E-state index contributed by atoms with van der Waals surface area (Å²) in [5.74, 6) is 3.19. The minimum Gasteiger partial charge on any atom is -0.464 e. The van der Waals surface area contributed by atoms with Crippen molar-refractivity contribution in [2.24, 2.45) is 0 Å². The van der Waals surface area contributed by atoms with Crippen molar-refractivity contribution in [2.75, 3.05) is 18.5 Å². The maximum Gasteiger partial charge on any atom is 0.233 e. The Morgan fingerprint density at radius 3 is 2.76 bits per heavy atom. The van der Waals surface area contributed by atoms with E-state index in [1.807, 2.05) is 24.3 Å². The van der Waals surface area contributed by atoms with E-state index in [0.717, 1.165) is 11.3 Å². The number of nitrogens with one attached hydrogen (secondary N) is 1. The third kappa shape index (κ3) is 4.45. The number of ether oxygens (including phenoxy) is 1. The number of nitrogens with zero attached hydrogens (tertiary/aromatic N) is 2. The molecule has 0 atom stereocenters. The number of benzene rings is 1. The van der Waals surface area contributed by atoms with Gasteiger partial charge in [-0.2, -0.15) is 4.98 Å². The molecular weight excluding hydrogens is 334 g/mol. The molecule has 1 aromatic heterocycles. The van der Waals surface area contributed by atoms with Gasteiger partial charge in [0.05, 0.1) is 10.7 Å². The van der Waals surface area contributed by atoms with E-state index in [1.165, 1.54) is 0 Å². The van der Waals surface area contributed by atoms with Gasteiger partial charge in [-0.15, -0.1) is 6.42 Å². The third-order valence-electron chi connectivity index (χ3n) is 2.61. The number of aromatic nitrogens is 2. The Kier molecular flexibility index (Phi) is 5.55. The largest absolute Gasteiger partial charge is 0.464 e. The fraction of sp³-hybridized carbons (Fsp3) is 0.200. The average Bonchev–Trinajstić information content (AvgIpc) is 2.50. The fourth-order valence-electron chi connectivity index (χ4n) is 1.64. The smallest absolute Gasteiger partial charge is 0.233 e. The van der Waals surface area contributed by atoms with Crippen LogP contribution in [-0.2, 0) is 6.42 Å². The summed E-state index contributed by atoms with van der Waals surface area (Å²) in [6, 6.07) is 7.68. The minimum absolute atomic E-state index is 0.137. The highest BCUT2D eigenvalue weighted by Crippen LogP contribution is 2.24. The molecule has 21 heavy (non-hydrogen) atoms. The Morgan fingerprint density at radius 1 is 1.33 bits per heavy atom. The van der Waals surface area contributed by atoms with E-state index < -0.39 is 0 Å². The SMILES string of the molecule is C#CCOc1nc(Nc2ccc(CCO)cc2)ncc1Br. The van der Waals surface area contributed by atoms with Gasteiger partial charge < -0.3 is 15.2 Å². The molecular formula is C15H14BrN3O2. The van der Waals surface area contributed by atoms with Gasteiger partial charge in [0.1, 0.15) is 0 Å². The Hall–Kier alpha value is -2.10. The summed E-state index contributed by atoms with van der Waals surface area (Å²) in [6.07, 6.45) is 7.40. The van der Waals surface area contributed by atoms with E-state index in [0.29, 0.717) is 22.7 Å². The molecule has 1 heterocycles. The van der Waals surface area contributed by atoms with Gasteiger partial charge in [-0.1, -0.05) is 18.1 Å². The van der Waals surface area contributed by atoms with E-state index in [-0.39, 0.29) is 13.2 Å².